The number of carbonyl (C=O) groups excluding carboxylic acids is 2. The summed E-state index contributed by atoms with van der Waals surface area (Å²) < 4.78 is 0. The van der Waals surface area contributed by atoms with Gasteiger partial charge >= 0.3 is 0 Å². The van der Waals surface area contributed by atoms with Crippen LogP contribution in [0.25, 0.3) is 0 Å². The third kappa shape index (κ3) is 3.59. The van der Waals surface area contributed by atoms with Gasteiger partial charge in [0.2, 0.25) is 11.8 Å². The normalized spacial score (nSPS) is 17.2. The zero-order chi connectivity index (χ0) is 16.3. The lowest BCUT2D eigenvalue weighted by Gasteiger charge is -2.35. The Balaban J connectivity index is 2.21. The minimum Gasteiger partial charge on any atom is -0.372 e. The maximum Gasteiger partial charge on any atom is 0.250 e. The second-order valence-electron chi connectivity index (χ2n) is 6.25. The van der Waals surface area contributed by atoms with Crippen LogP contribution in [-0.4, -0.2) is 30.9 Å². The summed E-state index contributed by atoms with van der Waals surface area (Å²) in [5.41, 5.74) is 2.82. The van der Waals surface area contributed by atoms with Crippen molar-refractivity contribution >= 4 is 23.2 Å². The summed E-state index contributed by atoms with van der Waals surface area (Å²) >= 11 is 0. The van der Waals surface area contributed by atoms with Crippen molar-refractivity contribution in [2.24, 2.45) is 5.92 Å². The molecule has 5 heteroatoms. The first kappa shape index (κ1) is 16.3. The zero-order valence-corrected chi connectivity index (χ0v) is 13.8. The molecule has 0 radical (unpaired) electrons. The molecule has 1 aromatic carbocycles. The first-order chi connectivity index (χ1) is 10.4. The number of nitrogens with one attached hydrogen (secondary N) is 2. The Morgan fingerprint density at radius 3 is 2.77 bits per heavy atom. The molecule has 2 rings (SSSR count). The topological polar surface area (TPSA) is 61.4 Å². The summed E-state index contributed by atoms with van der Waals surface area (Å²) in [6.07, 6.45) is 0.691. The van der Waals surface area contributed by atoms with Gasteiger partial charge in [0.25, 0.3) is 0 Å². The molecule has 1 aliphatic heterocycles. The predicted molar refractivity (Wildman–Crippen MR) is 89.1 cm³/mol. The summed E-state index contributed by atoms with van der Waals surface area (Å²) in [4.78, 5) is 26.3. The summed E-state index contributed by atoms with van der Waals surface area (Å²) in [5, 5.41) is 6.14. The third-order valence-electron chi connectivity index (χ3n) is 3.75. The van der Waals surface area contributed by atoms with Gasteiger partial charge in [-0.1, -0.05) is 26.8 Å². The molecule has 0 spiro atoms. The number of benzene rings is 1. The van der Waals surface area contributed by atoms with E-state index in [0.29, 0.717) is 18.9 Å². The highest BCUT2D eigenvalue weighted by atomic mass is 16.2. The molecule has 1 aliphatic rings. The minimum atomic E-state index is -0.271. The van der Waals surface area contributed by atoms with Crippen LogP contribution < -0.4 is 15.5 Å². The molecule has 0 fully saturated rings. The molecular formula is C17H25N3O2. The molecule has 120 valence electrons. The van der Waals surface area contributed by atoms with E-state index in [-0.39, 0.29) is 24.4 Å². The Bertz CT molecular complexity index is 569. The van der Waals surface area contributed by atoms with Crippen LogP contribution in [0.1, 0.15) is 32.8 Å². The Kier molecular flexibility index (Phi) is 5.06. The van der Waals surface area contributed by atoms with E-state index in [9.17, 15) is 9.59 Å². The van der Waals surface area contributed by atoms with Crippen LogP contribution in [0, 0.1) is 12.8 Å². The van der Waals surface area contributed by atoms with Gasteiger partial charge < -0.3 is 10.6 Å². The van der Waals surface area contributed by atoms with E-state index in [1.807, 2.05) is 45.9 Å². The summed E-state index contributed by atoms with van der Waals surface area (Å²) in [7, 11) is 0. The summed E-state index contributed by atoms with van der Waals surface area (Å²) in [6.45, 7) is 8.76. The van der Waals surface area contributed by atoms with Crippen molar-refractivity contribution in [3.63, 3.8) is 0 Å². The van der Waals surface area contributed by atoms with Crippen LogP contribution in [0.2, 0.25) is 0 Å². The van der Waals surface area contributed by atoms with Gasteiger partial charge in [0.1, 0.15) is 12.6 Å². The van der Waals surface area contributed by atoms with E-state index >= 15 is 0 Å². The van der Waals surface area contributed by atoms with Crippen LogP contribution in [0.15, 0.2) is 18.2 Å². The molecule has 1 aromatic rings. The first-order valence-corrected chi connectivity index (χ1v) is 7.87. The highest BCUT2D eigenvalue weighted by Gasteiger charge is 2.32. The number of amides is 2. The number of anilines is 2. The SMILES string of the molecule is CCC1Nc2cc(C)ccc2N(CC(=O)NCC(C)C)C1=O. The van der Waals surface area contributed by atoms with Gasteiger partial charge in [0, 0.05) is 6.54 Å². The van der Waals surface area contributed by atoms with Gasteiger partial charge in [-0.2, -0.15) is 0 Å². The van der Waals surface area contributed by atoms with Gasteiger partial charge in [-0.05, 0) is 37.0 Å². The molecule has 22 heavy (non-hydrogen) atoms. The number of carbonyl (C=O) groups is 2. The Morgan fingerprint density at radius 2 is 2.14 bits per heavy atom. The molecular weight excluding hydrogens is 278 g/mol. The van der Waals surface area contributed by atoms with Crippen molar-refractivity contribution in [3.8, 4) is 0 Å². The quantitative estimate of drug-likeness (QED) is 0.877. The Labute approximate surface area is 132 Å². The van der Waals surface area contributed by atoms with Gasteiger partial charge in [-0.15, -0.1) is 0 Å². The average Bonchev–Trinajstić information content (AvgIpc) is 2.47. The monoisotopic (exact) mass is 303 g/mol. The number of nitrogens with zero attached hydrogens (tertiary/aromatic N) is 1. The van der Waals surface area contributed by atoms with Crippen LogP contribution in [-0.2, 0) is 9.59 Å². The van der Waals surface area contributed by atoms with Crippen molar-refractivity contribution < 1.29 is 9.59 Å². The third-order valence-corrected chi connectivity index (χ3v) is 3.75. The average molecular weight is 303 g/mol. The molecule has 1 heterocycles. The smallest absolute Gasteiger partial charge is 0.250 e. The van der Waals surface area contributed by atoms with E-state index < -0.39 is 0 Å². The van der Waals surface area contributed by atoms with E-state index in [2.05, 4.69) is 10.6 Å². The molecule has 2 amide bonds. The van der Waals surface area contributed by atoms with E-state index in [0.717, 1.165) is 16.9 Å². The molecule has 0 bridgehead atoms. The lowest BCUT2D eigenvalue weighted by molar-refractivity contribution is -0.124. The fourth-order valence-corrected chi connectivity index (χ4v) is 2.51. The number of rotatable bonds is 5. The largest absolute Gasteiger partial charge is 0.372 e. The van der Waals surface area contributed by atoms with E-state index in [1.165, 1.54) is 0 Å². The van der Waals surface area contributed by atoms with Crippen LogP contribution in [0.5, 0.6) is 0 Å². The highest BCUT2D eigenvalue weighted by molar-refractivity contribution is 6.07. The van der Waals surface area contributed by atoms with Gasteiger partial charge in [0.15, 0.2) is 0 Å². The van der Waals surface area contributed by atoms with Crippen molar-refractivity contribution in [2.45, 2.75) is 40.2 Å². The summed E-state index contributed by atoms with van der Waals surface area (Å²) in [6, 6.07) is 5.60. The Hall–Kier alpha value is -2.04. The van der Waals surface area contributed by atoms with Crippen molar-refractivity contribution in [3.05, 3.63) is 23.8 Å². The standard InChI is InChI=1S/C17H25N3O2/c1-5-13-17(22)20(10-16(21)18-9-11(2)3)15-7-6-12(4)8-14(15)19-13/h6-8,11,13,19H,5,9-10H2,1-4H3,(H,18,21). The number of fused-ring (bicyclic) bond motifs is 1. The maximum absolute atomic E-state index is 12.6. The molecule has 0 aromatic heterocycles. The first-order valence-electron chi connectivity index (χ1n) is 7.87. The Morgan fingerprint density at radius 1 is 1.41 bits per heavy atom. The highest BCUT2D eigenvalue weighted by Crippen LogP contribution is 2.32. The summed E-state index contributed by atoms with van der Waals surface area (Å²) in [5.74, 6) is 0.227. The second kappa shape index (κ2) is 6.81. The van der Waals surface area contributed by atoms with E-state index in [1.54, 1.807) is 4.90 Å². The molecule has 2 N–H and O–H groups in total. The molecule has 1 atom stereocenters. The van der Waals surface area contributed by atoms with Crippen molar-refractivity contribution in [1.82, 2.24) is 5.32 Å². The van der Waals surface area contributed by atoms with Crippen molar-refractivity contribution in [1.29, 1.82) is 0 Å². The van der Waals surface area contributed by atoms with Crippen molar-refractivity contribution in [2.75, 3.05) is 23.3 Å². The fraction of sp³-hybridized carbons (Fsp3) is 0.529. The van der Waals surface area contributed by atoms with E-state index in [4.69, 9.17) is 0 Å². The molecule has 0 saturated carbocycles. The van der Waals surface area contributed by atoms with Crippen LogP contribution >= 0.6 is 0 Å². The number of hydrogen-bond donors (Lipinski definition) is 2. The lowest BCUT2D eigenvalue weighted by atomic mass is 10.1. The number of aryl methyl sites for hydroxylation is 1. The maximum atomic E-state index is 12.6. The second-order valence-corrected chi connectivity index (χ2v) is 6.25. The van der Waals surface area contributed by atoms with Crippen LogP contribution in [0.4, 0.5) is 11.4 Å². The number of hydrogen-bond acceptors (Lipinski definition) is 3. The molecule has 5 nitrogen and oxygen atoms in total. The molecule has 0 saturated heterocycles. The molecule has 1 unspecified atom stereocenters. The predicted octanol–water partition coefficient (Wildman–Crippen LogP) is 2.30. The minimum absolute atomic E-state index is 0.0430. The van der Waals surface area contributed by atoms with Gasteiger partial charge in [0.05, 0.1) is 11.4 Å². The zero-order valence-electron chi connectivity index (χ0n) is 13.8. The van der Waals surface area contributed by atoms with Crippen LogP contribution in [0.3, 0.4) is 0 Å². The lowest BCUT2D eigenvalue weighted by Crippen LogP contribution is -2.50. The van der Waals surface area contributed by atoms with Gasteiger partial charge in [-0.3, -0.25) is 14.5 Å². The van der Waals surface area contributed by atoms with Gasteiger partial charge in [-0.25, -0.2) is 0 Å². The fourth-order valence-electron chi connectivity index (χ4n) is 2.51. The molecule has 0 aliphatic carbocycles.